The van der Waals surface area contributed by atoms with E-state index < -0.39 is 59.6 Å². The zero-order chi connectivity index (χ0) is 46.7. The van der Waals surface area contributed by atoms with E-state index in [-0.39, 0.29) is 61.5 Å². The molecule has 2 aromatic rings. The first-order valence-electron chi connectivity index (χ1n) is 21.4. The third kappa shape index (κ3) is 19.0. The lowest BCUT2D eigenvalue weighted by molar-refractivity contribution is -0.146. The zero-order valence-corrected chi connectivity index (χ0v) is 38.5. The van der Waals surface area contributed by atoms with Crippen molar-refractivity contribution in [2.75, 3.05) is 20.3 Å². The van der Waals surface area contributed by atoms with Gasteiger partial charge in [-0.3, -0.25) is 29.4 Å². The molecule has 2 rings (SSSR count). The highest BCUT2D eigenvalue weighted by atomic mass is 16.6. The van der Waals surface area contributed by atoms with Crippen molar-refractivity contribution in [1.29, 1.82) is 0 Å². The molecule has 17 heteroatoms. The fourth-order valence-corrected chi connectivity index (χ4v) is 6.13. The summed E-state index contributed by atoms with van der Waals surface area (Å²) >= 11 is 0. The molecule has 0 radical (unpaired) electrons. The number of carbonyl (C=O) groups is 7. The van der Waals surface area contributed by atoms with Crippen molar-refractivity contribution in [1.82, 2.24) is 32.1 Å². The smallest absolute Gasteiger partial charge is 0.426 e. The standard InChI is InChI=1S/C45H70N6O11/c1-26(2)23-34(40(54)49-39(29(7)8)43(57)59-12)46-41(55)37(27(3)4)47-35(52)15-13-21-60-32-19-17-30-18-20-33(25-31(30)24-32)61-22-14-16-36(53)48-38(28(5)6)42(56)50-51-44(58)62-45(9,10)11/h17-20,24-29,34,37-39H,13-16,21-23H2,1-12H3,(H,46,55)(H,47,52)(H,48,53)(H,49,54)(H,50,56)(H,51,58)/t34-,37-,38-,39-/m0/s1. The molecule has 2 aromatic carbocycles. The topological polar surface area (TPSA) is 229 Å². The monoisotopic (exact) mass is 871 g/mol. The summed E-state index contributed by atoms with van der Waals surface area (Å²) in [5, 5.41) is 12.8. The van der Waals surface area contributed by atoms with E-state index in [0.29, 0.717) is 30.8 Å². The van der Waals surface area contributed by atoms with Crippen molar-refractivity contribution in [3.8, 4) is 11.5 Å². The zero-order valence-electron chi connectivity index (χ0n) is 38.5. The van der Waals surface area contributed by atoms with Gasteiger partial charge in [-0.25, -0.2) is 15.0 Å². The fraction of sp³-hybridized carbons (Fsp3) is 0.622. The van der Waals surface area contributed by atoms with Gasteiger partial charge in [0.2, 0.25) is 23.6 Å². The third-order valence-electron chi connectivity index (χ3n) is 9.39. The Morgan fingerprint density at radius 3 is 1.50 bits per heavy atom. The van der Waals surface area contributed by atoms with E-state index >= 15 is 0 Å². The number of nitrogens with one attached hydrogen (secondary N) is 6. The summed E-state index contributed by atoms with van der Waals surface area (Å²) in [5.41, 5.74) is 3.75. The molecule has 0 aromatic heterocycles. The fourth-order valence-electron chi connectivity index (χ4n) is 6.13. The summed E-state index contributed by atoms with van der Waals surface area (Å²) in [6.45, 7) is 20.1. The number of hydrogen-bond donors (Lipinski definition) is 6. The van der Waals surface area contributed by atoms with Crippen LogP contribution in [0.2, 0.25) is 0 Å². The second-order valence-corrected chi connectivity index (χ2v) is 17.7. The Kier molecular flexibility index (Phi) is 21.5. The molecule has 0 saturated heterocycles. The van der Waals surface area contributed by atoms with Gasteiger partial charge in [0.15, 0.2) is 0 Å². The number of hydrazine groups is 1. The number of esters is 1. The van der Waals surface area contributed by atoms with Crippen molar-refractivity contribution in [3.05, 3.63) is 36.4 Å². The molecule has 4 atom stereocenters. The van der Waals surface area contributed by atoms with Gasteiger partial charge in [0, 0.05) is 12.8 Å². The molecule has 6 amide bonds. The van der Waals surface area contributed by atoms with Crippen LogP contribution in [0.15, 0.2) is 36.4 Å². The lowest BCUT2D eigenvalue weighted by Gasteiger charge is -2.28. The SMILES string of the molecule is COC(=O)[C@@H](NC(=O)[C@H](CC(C)C)NC(=O)[C@@H](NC(=O)CCCOc1ccc2ccc(OCCCC(=O)N[C@H](C(=O)NNC(=O)OC(C)(C)C)C(C)C)cc2c1)C(C)C)C(C)C. The summed E-state index contributed by atoms with van der Waals surface area (Å²) in [6.07, 6.45) is 0.487. The van der Waals surface area contributed by atoms with E-state index in [2.05, 4.69) is 32.1 Å². The summed E-state index contributed by atoms with van der Waals surface area (Å²) in [5.74, 6) is -2.34. The van der Waals surface area contributed by atoms with Gasteiger partial charge in [-0.05, 0) is 98.7 Å². The van der Waals surface area contributed by atoms with Crippen LogP contribution in [0.4, 0.5) is 4.79 Å². The normalized spacial score (nSPS) is 13.4. The Balaban J connectivity index is 1.88. The van der Waals surface area contributed by atoms with Crippen LogP contribution in [0, 0.1) is 23.7 Å². The van der Waals surface area contributed by atoms with Crippen LogP contribution in [-0.4, -0.2) is 91.7 Å². The second kappa shape index (κ2) is 25.4. The minimum Gasteiger partial charge on any atom is -0.494 e. The average Bonchev–Trinajstić information content (AvgIpc) is 3.18. The number of carbonyl (C=O) groups excluding carboxylic acids is 7. The molecule has 0 bridgehead atoms. The lowest BCUT2D eigenvalue weighted by Crippen LogP contribution is -2.57. The molecule has 0 unspecified atom stereocenters. The van der Waals surface area contributed by atoms with E-state index in [4.69, 9.17) is 18.9 Å². The van der Waals surface area contributed by atoms with Crippen LogP contribution < -0.4 is 41.6 Å². The van der Waals surface area contributed by atoms with Gasteiger partial charge in [0.1, 0.15) is 41.3 Å². The molecule has 0 fully saturated rings. The molecule has 0 saturated carbocycles. The van der Waals surface area contributed by atoms with Crippen LogP contribution >= 0.6 is 0 Å². The van der Waals surface area contributed by atoms with Gasteiger partial charge in [0.05, 0.1) is 20.3 Å². The Morgan fingerprint density at radius 2 is 1.06 bits per heavy atom. The van der Waals surface area contributed by atoms with E-state index in [1.807, 2.05) is 50.2 Å². The van der Waals surface area contributed by atoms with E-state index in [9.17, 15) is 33.6 Å². The molecule has 0 aliphatic rings. The Labute approximate surface area is 366 Å². The van der Waals surface area contributed by atoms with Crippen molar-refractivity contribution < 1.29 is 52.5 Å². The first-order valence-corrected chi connectivity index (χ1v) is 21.4. The highest BCUT2D eigenvalue weighted by molar-refractivity contribution is 5.94. The minimum atomic E-state index is -0.924. The minimum absolute atomic E-state index is 0.0522. The van der Waals surface area contributed by atoms with Gasteiger partial charge in [0.25, 0.3) is 5.91 Å². The first-order chi connectivity index (χ1) is 29.0. The molecule has 17 nitrogen and oxygen atoms in total. The number of benzene rings is 2. The molecule has 0 spiro atoms. The van der Waals surface area contributed by atoms with Gasteiger partial charge >= 0.3 is 12.1 Å². The number of hydrogen-bond acceptors (Lipinski definition) is 11. The van der Waals surface area contributed by atoms with Crippen molar-refractivity contribution >= 4 is 52.4 Å². The number of fused-ring (bicyclic) bond motifs is 1. The molecule has 6 N–H and O–H groups in total. The number of methoxy groups -OCH3 is 1. The molecular formula is C45H70N6O11. The van der Waals surface area contributed by atoms with Crippen LogP contribution in [0.5, 0.6) is 11.5 Å². The molecule has 0 aliphatic carbocycles. The maximum absolute atomic E-state index is 13.4. The lowest BCUT2D eigenvalue weighted by atomic mass is 9.98. The molecular weight excluding hydrogens is 801 g/mol. The summed E-state index contributed by atoms with van der Waals surface area (Å²) in [7, 11) is 1.25. The van der Waals surface area contributed by atoms with Crippen LogP contribution in [-0.2, 0) is 38.2 Å². The van der Waals surface area contributed by atoms with Crippen molar-refractivity contribution in [2.45, 2.75) is 138 Å². The predicted octanol–water partition coefficient (Wildman–Crippen LogP) is 4.84. The molecule has 0 aliphatic heterocycles. The van der Waals surface area contributed by atoms with Gasteiger partial charge in [-0.2, -0.15) is 0 Å². The molecule has 346 valence electrons. The van der Waals surface area contributed by atoms with Gasteiger partial charge in [-0.15, -0.1) is 0 Å². The van der Waals surface area contributed by atoms with Crippen LogP contribution in [0.1, 0.15) is 108 Å². The van der Waals surface area contributed by atoms with E-state index in [1.54, 1.807) is 62.3 Å². The van der Waals surface area contributed by atoms with Crippen LogP contribution in [0.25, 0.3) is 10.8 Å². The average molecular weight is 871 g/mol. The first kappa shape index (κ1) is 52.5. The summed E-state index contributed by atoms with van der Waals surface area (Å²) in [6, 6.07) is 7.63. The van der Waals surface area contributed by atoms with Crippen molar-refractivity contribution in [2.24, 2.45) is 23.7 Å². The highest BCUT2D eigenvalue weighted by Gasteiger charge is 2.33. The van der Waals surface area contributed by atoms with Crippen LogP contribution in [0.3, 0.4) is 0 Å². The maximum atomic E-state index is 13.4. The summed E-state index contributed by atoms with van der Waals surface area (Å²) in [4.78, 5) is 89.2. The van der Waals surface area contributed by atoms with Gasteiger partial charge in [-0.1, -0.05) is 67.5 Å². The Morgan fingerprint density at radius 1 is 0.581 bits per heavy atom. The summed E-state index contributed by atoms with van der Waals surface area (Å²) < 4.78 is 21.8. The number of amides is 6. The molecule has 0 heterocycles. The van der Waals surface area contributed by atoms with E-state index in [1.165, 1.54) is 7.11 Å². The number of ether oxygens (including phenoxy) is 4. The second-order valence-electron chi connectivity index (χ2n) is 17.7. The van der Waals surface area contributed by atoms with Gasteiger partial charge < -0.3 is 40.2 Å². The maximum Gasteiger partial charge on any atom is 0.426 e. The third-order valence-corrected chi connectivity index (χ3v) is 9.39. The van der Waals surface area contributed by atoms with Crippen molar-refractivity contribution in [3.63, 3.8) is 0 Å². The number of rotatable bonds is 23. The quantitative estimate of drug-likeness (QED) is 0.0503. The largest absolute Gasteiger partial charge is 0.494 e. The Hall–Kier alpha value is -5.61. The van der Waals surface area contributed by atoms with E-state index in [0.717, 1.165) is 10.8 Å². The predicted molar refractivity (Wildman–Crippen MR) is 235 cm³/mol. The Bertz CT molecular complexity index is 1820. The molecule has 62 heavy (non-hydrogen) atoms. The highest BCUT2D eigenvalue weighted by Crippen LogP contribution is 2.25.